The van der Waals surface area contributed by atoms with E-state index >= 15 is 0 Å². The number of hydrogen-bond donors (Lipinski definition) is 0. The van der Waals surface area contributed by atoms with E-state index in [4.69, 9.17) is 0 Å². The van der Waals surface area contributed by atoms with Gasteiger partial charge in [-0.3, -0.25) is 0 Å². The summed E-state index contributed by atoms with van der Waals surface area (Å²) in [4.78, 5) is 0. The third-order valence-electron chi connectivity index (χ3n) is 3.73. The summed E-state index contributed by atoms with van der Waals surface area (Å²) in [5.74, 6) is 0. The lowest BCUT2D eigenvalue weighted by molar-refractivity contribution is 0.878. The van der Waals surface area contributed by atoms with Gasteiger partial charge in [0.25, 0.3) is 0 Å². The predicted molar refractivity (Wildman–Crippen MR) is 114 cm³/mol. The van der Waals surface area contributed by atoms with Crippen LogP contribution in [0.15, 0.2) is 0 Å². The predicted octanol–water partition coefficient (Wildman–Crippen LogP) is 7.52. The minimum atomic E-state index is 0. The SMILES string of the molecule is Br.Br.CCCCP(CCP(CCCC)C(C)C)C(C)C. The van der Waals surface area contributed by atoms with Gasteiger partial charge in [0.15, 0.2) is 0 Å². The quantitative estimate of drug-likeness (QED) is 0.285. The van der Waals surface area contributed by atoms with E-state index in [1.807, 2.05) is 0 Å². The molecule has 2 atom stereocenters. The van der Waals surface area contributed by atoms with Gasteiger partial charge >= 0.3 is 0 Å². The number of unbranched alkanes of at least 4 members (excludes halogenated alkanes) is 2. The van der Waals surface area contributed by atoms with Gasteiger partial charge < -0.3 is 0 Å². The fraction of sp³-hybridized carbons (Fsp3) is 1.00. The summed E-state index contributed by atoms with van der Waals surface area (Å²) in [5, 5.41) is 0. The van der Waals surface area contributed by atoms with Crippen LogP contribution in [-0.2, 0) is 0 Å². The molecule has 0 bridgehead atoms. The minimum Gasteiger partial charge on any atom is -0.114 e. The van der Waals surface area contributed by atoms with E-state index in [-0.39, 0.29) is 34.0 Å². The van der Waals surface area contributed by atoms with Crippen LogP contribution in [0.1, 0.15) is 67.2 Å². The van der Waals surface area contributed by atoms with Crippen molar-refractivity contribution in [3.05, 3.63) is 0 Å². The van der Waals surface area contributed by atoms with Gasteiger partial charge in [-0.2, -0.15) is 0 Å². The standard InChI is InChI=1S/C16H36P2.2BrH/c1-7-9-11-17(15(3)4)13-14-18(16(5)6)12-10-8-2;;/h15-16H,7-14H2,1-6H3;2*1H. The Labute approximate surface area is 152 Å². The Morgan fingerprint density at radius 1 is 0.600 bits per heavy atom. The van der Waals surface area contributed by atoms with Gasteiger partial charge in [-0.05, 0) is 48.8 Å². The van der Waals surface area contributed by atoms with E-state index in [1.165, 1.54) is 38.0 Å². The molecular formula is C16H38Br2P2. The topological polar surface area (TPSA) is 0 Å². The number of rotatable bonds is 11. The molecule has 0 heterocycles. The largest absolute Gasteiger partial charge is 0.114 e. The average Bonchev–Trinajstić information content (AvgIpc) is 2.31. The molecule has 0 fully saturated rings. The molecular weight excluding hydrogens is 414 g/mol. The summed E-state index contributed by atoms with van der Waals surface area (Å²) in [5.41, 5.74) is 1.89. The van der Waals surface area contributed by atoms with Crippen LogP contribution in [0.5, 0.6) is 0 Å². The van der Waals surface area contributed by atoms with Crippen LogP contribution in [0, 0.1) is 0 Å². The highest BCUT2D eigenvalue weighted by molar-refractivity contribution is 8.93. The molecule has 0 aliphatic rings. The lowest BCUT2D eigenvalue weighted by Crippen LogP contribution is -2.08. The molecule has 0 saturated carbocycles. The van der Waals surface area contributed by atoms with Crippen LogP contribution in [0.2, 0.25) is 0 Å². The highest BCUT2D eigenvalue weighted by Gasteiger charge is 2.17. The highest BCUT2D eigenvalue weighted by Crippen LogP contribution is 2.48. The second-order valence-corrected chi connectivity index (χ2v) is 12.2. The van der Waals surface area contributed by atoms with Crippen LogP contribution in [0.3, 0.4) is 0 Å². The van der Waals surface area contributed by atoms with Crippen LogP contribution < -0.4 is 0 Å². The lowest BCUT2D eigenvalue weighted by atomic mass is 10.4. The number of halogens is 2. The Bertz CT molecular complexity index is 167. The molecule has 0 radical (unpaired) electrons. The molecule has 0 saturated heterocycles. The Morgan fingerprint density at radius 3 is 1.10 bits per heavy atom. The van der Waals surface area contributed by atoms with Crippen molar-refractivity contribution in [2.75, 3.05) is 24.6 Å². The number of hydrogen-bond acceptors (Lipinski definition) is 0. The van der Waals surface area contributed by atoms with E-state index in [2.05, 4.69) is 41.5 Å². The van der Waals surface area contributed by atoms with Gasteiger partial charge in [-0.15, -0.1) is 49.8 Å². The second-order valence-electron chi connectivity index (χ2n) is 5.97. The Balaban J connectivity index is -0.00000144. The van der Waals surface area contributed by atoms with E-state index in [1.54, 1.807) is 12.3 Å². The van der Waals surface area contributed by atoms with Gasteiger partial charge in [0, 0.05) is 0 Å². The lowest BCUT2D eigenvalue weighted by Gasteiger charge is -2.27. The fourth-order valence-electron chi connectivity index (χ4n) is 2.24. The molecule has 0 aliphatic carbocycles. The summed E-state index contributed by atoms with van der Waals surface area (Å²) < 4.78 is 0. The highest BCUT2D eigenvalue weighted by atomic mass is 79.9. The summed E-state index contributed by atoms with van der Waals surface area (Å²) in [6.45, 7) is 14.5. The zero-order valence-electron chi connectivity index (χ0n) is 14.5. The maximum absolute atomic E-state index is 2.45. The molecule has 0 aliphatic heterocycles. The molecule has 0 aromatic carbocycles. The van der Waals surface area contributed by atoms with E-state index in [0.29, 0.717) is 15.8 Å². The van der Waals surface area contributed by atoms with Crippen molar-refractivity contribution >= 4 is 49.8 Å². The molecule has 0 rings (SSSR count). The molecule has 0 aromatic rings. The van der Waals surface area contributed by atoms with Gasteiger partial charge in [0.2, 0.25) is 0 Å². The summed E-state index contributed by atoms with van der Waals surface area (Å²) >= 11 is 0. The Morgan fingerprint density at radius 2 is 0.900 bits per heavy atom. The summed E-state index contributed by atoms with van der Waals surface area (Å²) in [7, 11) is 0.637. The van der Waals surface area contributed by atoms with Crippen LogP contribution >= 0.6 is 49.8 Å². The van der Waals surface area contributed by atoms with Gasteiger partial charge in [0.1, 0.15) is 0 Å². The summed E-state index contributed by atoms with van der Waals surface area (Å²) in [6.07, 6.45) is 11.8. The Kier molecular flexibility index (Phi) is 22.9. The van der Waals surface area contributed by atoms with Crippen LogP contribution in [-0.4, -0.2) is 36.0 Å². The smallest absolute Gasteiger partial charge is 0.0266 e. The first kappa shape index (κ1) is 26.7. The molecule has 0 N–H and O–H groups in total. The molecule has 0 nitrogen and oxygen atoms in total. The van der Waals surface area contributed by atoms with Gasteiger partial charge in [-0.1, -0.05) is 54.4 Å². The van der Waals surface area contributed by atoms with Gasteiger partial charge in [-0.25, -0.2) is 0 Å². The first-order valence-corrected chi connectivity index (χ1v) is 11.6. The molecule has 0 aromatic heterocycles. The van der Waals surface area contributed by atoms with Crippen molar-refractivity contribution in [2.45, 2.75) is 78.5 Å². The second kappa shape index (κ2) is 17.2. The third-order valence-corrected chi connectivity index (χ3v) is 10.4. The van der Waals surface area contributed by atoms with Crippen molar-refractivity contribution in [1.82, 2.24) is 0 Å². The van der Waals surface area contributed by atoms with Crippen LogP contribution in [0.4, 0.5) is 0 Å². The maximum atomic E-state index is 2.45. The van der Waals surface area contributed by atoms with Crippen molar-refractivity contribution < 1.29 is 0 Å². The van der Waals surface area contributed by atoms with Crippen molar-refractivity contribution in [3.63, 3.8) is 0 Å². The normalized spacial score (nSPS) is 13.8. The zero-order chi connectivity index (χ0) is 14.0. The zero-order valence-corrected chi connectivity index (χ0v) is 19.7. The molecule has 2 unspecified atom stereocenters. The third kappa shape index (κ3) is 13.5. The fourth-order valence-corrected chi connectivity index (χ4v) is 8.25. The van der Waals surface area contributed by atoms with E-state index < -0.39 is 0 Å². The molecule has 0 spiro atoms. The molecule has 20 heavy (non-hydrogen) atoms. The van der Waals surface area contributed by atoms with Crippen molar-refractivity contribution in [3.8, 4) is 0 Å². The first-order valence-electron chi connectivity index (χ1n) is 8.00. The average molecular weight is 452 g/mol. The van der Waals surface area contributed by atoms with Crippen molar-refractivity contribution in [2.24, 2.45) is 0 Å². The Hall–Kier alpha value is 1.82. The van der Waals surface area contributed by atoms with E-state index in [0.717, 1.165) is 11.3 Å². The van der Waals surface area contributed by atoms with Crippen molar-refractivity contribution in [1.29, 1.82) is 0 Å². The molecule has 0 amide bonds. The summed E-state index contributed by atoms with van der Waals surface area (Å²) in [6, 6.07) is 0. The van der Waals surface area contributed by atoms with E-state index in [9.17, 15) is 0 Å². The monoisotopic (exact) mass is 450 g/mol. The molecule has 4 heteroatoms. The maximum Gasteiger partial charge on any atom is -0.0266 e. The minimum absolute atomic E-state index is 0. The van der Waals surface area contributed by atoms with Gasteiger partial charge in [0.05, 0.1) is 0 Å². The molecule has 126 valence electrons. The van der Waals surface area contributed by atoms with Crippen LogP contribution in [0.25, 0.3) is 0 Å². The first-order chi connectivity index (χ1) is 8.52.